The quantitative estimate of drug-likeness (QED) is 0.766. The van der Waals surface area contributed by atoms with E-state index in [1.54, 1.807) is 0 Å². The van der Waals surface area contributed by atoms with Crippen LogP contribution in [0.25, 0.3) is 11.5 Å². The number of carbonyl (C=O) groups excluding carboxylic acids is 1. The van der Waals surface area contributed by atoms with E-state index in [4.69, 9.17) is 4.42 Å². The summed E-state index contributed by atoms with van der Waals surface area (Å²) in [7, 11) is 0. The first-order valence-electron chi connectivity index (χ1n) is 6.93. The lowest BCUT2D eigenvalue weighted by molar-refractivity contribution is -0.120. The fraction of sp³-hybridized carbons (Fsp3) is 0.400. The molecule has 0 saturated carbocycles. The van der Waals surface area contributed by atoms with E-state index in [0.717, 1.165) is 16.5 Å². The Balaban J connectivity index is 1.96. The van der Waals surface area contributed by atoms with Crippen LogP contribution in [0.1, 0.15) is 27.2 Å². The van der Waals surface area contributed by atoms with Crippen LogP contribution in [-0.4, -0.2) is 27.4 Å². The lowest BCUT2D eigenvalue weighted by Crippen LogP contribution is -2.43. The second kappa shape index (κ2) is 7.28. The zero-order valence-corrected chi connectivity index (χ0v) is 15.1. The molecule has 1 aromatic heterocycles. The highest BCUT2D eigenvalue weighted by atomic mass is 79.9. The number of nitrogens with zero attached hydrogens (tertiary/aromatic N) is 2. The van der Waals surface area contributed by atoms with E-state index in [1.165, 1.54) is 11.8 Å². The number of thioether (sulfide) groups is 1. The molecule has 1 amide bonds. The second-order valence-electron chi connectivity index (χ2n) is 5.43. The third kappa shape index (κ3) is 4.58. The van der Waals surface area contributed by atoms with Gasteiger partial charge < -0.3 is 9.73 Å². The maximum atomic E-state index is 11.9. The zero-order chi connectivity index (χ0) is 16.2. The van der Waals surface area contributed by atoms with Gasteiger partial charge in [0, 0.05) is 10.0 Å². The Hall–Kier alpha value is -1.34. The van der Waals surface area contributed by atoms with Crippen LogP contribution in [0.5, 0.6) is 0 Å². The lowest BCUT2D eigenvalue weighted by Gasteiger charge is -2.24. The Labute approximate surface area is 142 Å². The summed E-state index contributed by atoms with van der Waals surface area (Å²) in [5, 5.41) is 11.3. The molecule has 0 aliphatic carbocycles. The van der Waals surface area contributed by atoms with Crippen molar-refractivity contribution in [1.82, 2.24) is 15.5 Å². The molecule has 0 saturated heterocycles. The van der Waals surface area contributed by atoms with Gasteiger partial charge in [-0.05, 0) is 48.3 Å². The number of carbonyl (C=O) groups is 1. The molecule has 7 heteroatoms. The van der Waals surface area contributed by atoms with E-state index in [2.05, 4.69) is 31.4 Å². The van der Waals surface area contributed by atoms with Gasteiger partial charge in [0.15, 0.2) is 0 Å². The molecule has 0 unspecified atom stereocenters. The normalized spacial score (nSPS) is 11.5. The number of nitrogens with one attached hydrogen (secondary N) is 1. The fourth-order valence-electron chi connectivity index (χ4n) is 1.64. The van der Waals surface area contributed by atoms with Gasteiger partial charge in [0.2, 0.25) is 11.8 Å². The predicted octanol–water partition coefficient (Wildman–Crippen LogP) is 3.90. The third-order valence-electron chi connectivity index (χ3n) is 3.20. The highest BCUT2D eigenvalue weighted by molar-refractivity contribution is 9.10. The molecule has 2 aromatic rings. The fourth-order valence-corrected chi connectivity index (χ4v) is 2.66. The zero-order valence-electron chi connectivity index (χ0n) is 12.7. The van der Waals surface area contributed by atoms with Gasteiger partial charge in [0.1, 0.15) is 0 Å². The minimum atomic E-state index is -0.202. The van der Waals surface area contributed by atoms with Crippen molar-refractivity contribution in [1.29, 1.82) is 0 Å². The highest BCUT2D eigenvalue weighted by Crippen LogP contribution is 2.28. The van der Waals surface area contributed by atoms with Crippen LogP contribution in [0, 0.1) is 0 Å². The molecule has 22 heavy (non-hydrogen) atoms. The Morgan fingerprint density at radius 2 is 2.09 bits per heavy atom. The highest BCUT2D eigenvalue weighted by Gasteiger charge is 2.19. The average Bonchev–Trinajstić information content (AvgIpc) is 2.94. The molecular formula is C15H18BrN3O2S. The molecule has 118 valence electrons. The minimum absolute atomic E-state index is 0.0440. The molecule has 1 heterocycles. The number of benzene rings is 1. The Morgan fingerprint density at radius 1 is 1.36 bits per heavy atom. The smallest absolute Gasteiger partial charge is 0.277 e. The van der Waals surface area contributed by atoms with E-state index in [-0.39, 0.29) is 17.2 Å². The maximum absolute atomic E-state index is 11.9. The molecule has 0 atom stereocenters. The van der Waals surface area contributed by atoms with E-state index < -0.39 is 0 Å². The van der Waals surface area contributed by atoms with Crippen molar-refractivity contribution in [3.8, 4) is 11.5 Å². The topological polar surface area (TPSA) is 68.0 Å². The average molecular weight is 384 g/mol. The molecule has 1 aromatic carbocycles. The van der Waals surface area contributed by atoms with E-state index in [1.807, 2.05) is 45.0 Å². The Bertz CT molecular complexity index is 658. The molecule has 0 spiro atoms. The number of halogens is 1. The Morgan fingerprint density at radius 3 is 2.77 bits per heavy atom. The first kappa shape index (κ1) is 17.0. The number of amides is 1. The molecule has 1 N–H and O–H groups in total. The largest absolute Gasteiger partial charge is 0.411 e. The monoisotopic (exact) mass is 383 g/mol. The molecule has 0 aliphatic rings. The summed E-state index contributed by atoms with van der Waals surface area (Å²) in [4.78, 5) is 11.9. The molecule has 5 nitrogen and oxygen atoms in total. The third-order valence-corrected chi connectivity index (χ3v) is 4.71. The van der Waals surface area contributed by atoms with E-state index in [0.29, 0.717) is 11.1 Å². The standard InChI is InChI=1S/C15H18BrN3O2S/c1-4-15(2,3)17-12(20)9-22-14-19-18-13(21-14)10-7-5-6-8-11(10)16/h5-8H,4,9H2,1-3H3,(H,17,20). The minimum Gasteiger partial charge on any atom is -0.411 e. The van der Waals surface area contributed by atoms with Crippen LogP contribution in [0.15, 0.2) is 38.4 Å². The van der Waals surface area contributed by atoms with Crippen LogP contribution in [0.2, 0.25) is 0 Å². The molecule has 0 fully saturated rings. The van der Waals surface area contributed by atoms with Gasteiger partial charge in [-0.3, -0.25) is 4.79 Å². The van der Waals surface area contributed by atoms with E-state index >= 15 is 0 Å². The Kier molecular flexibility index (Phi) is 5.63. The summed E-state index contributed by atoms with van der Waals surface area (Å²) in [6.45, 7) is 6.02. The van der Waals surface area contributed by atoms with Gasteiger partial charge >= 0.3 is 0 Å². The summed E-state index contributed by atoms with van der Waals surface area (Å²) in [6.07, 6.45) is 0.871. The van der Waals surface area contributed by atoms with Gasteiger partial charge in [0.05, 0.1) is 11.3 Å². The predicted molar refractivity (Wildman–Crippen MR) is 90.7 cm³/mol. The summed E-state index contributed by atoms with van der Waals surface area (Å²) >= 11 is 4.68. The van der Waals surface area contributed by atoms with Crippen LogP contribution < -0.4 is 5.32 Å². The maximum Gasteiger partial charge on any atom is 0.277 e. The van der Waals surface area contributed by atoms with Crippen molar-refractivity contribution in [3.63, 3.8) is 0 Å². The summed E-state index contributed by atoms with van der Waals surface area (Å²) < 4.78 is 6.47. The van der Waals surface area contributed by atoms with Crippen molar-refractivity contribution in [2.75, 3.05) is 5.75 Å². The van der Waals surface area contributed by atoms with Gasteiger partial charge in [-0.2, -0.15) is 0 Å². The van der Waals surface area contributed by atoms with Gasteiger partial charge in [-0.1, -0.05) is 30.8 Å². The summed E-state index contributed by atoms with van der Waals surface area (Å²) in [5.41, 5.74) is 0.630. The van der Waals surface area contributed by atoms with Crippen molar-refractivity contribution in [3.05, 3.63) is 28.7 Å². The number of hydrogen-bond donors (Lipinski definition) is 1. The molecule has 2 rings (SSSR count). The second-order valence-corrected chi connectivity index (χ2v) is 7.21. The van der Waals surface area contributed by atoms with Crippen molar-refractivity contribution >= 4 is 33.6 Å². The van der Waals surface area contributed by atoms with Crippen LogP contribution in [0.3, 0.4) is 0 Å². The van der Waals surface area contributed by atoms with Gasteiger partial charge in [0.25, 0.3) is 5.22 Å². The summed E-state index contributed by atoms with van der Waals surface area (Å²) in [5.74, 6) is 0.642. The number of rotatable bonds is 6. The van der Waals surface area contributed by atoms with Crippen molar-refractivity contribution < 1.29 is 9.21 Å². The van der Waals surface area contributed by atoms with Gasteiger partial charge in [-0.15, -0.1) is 10.2 Å². The molecule has 0 radical (unpaired) electrons. The van der Waals surface area contributed by atoms with Crippen LogP contribution >= 0.6 is 27.7 Å². The SMILES string of the molecule is CCC(C)(C)NC(=O)CSc1nnc(-c2ccccc2Br)o1. The lowest BCUT2D eigenvalue weighted by atomic mass is 10.0. The molecular weight excluding hydrogens is 366 g/mol. The molecule has 0 bridgehead atoms. The number of aromatic nitrogens is 2. The van der Waals surface area contributed by atoms with Crippen molar-refractivity contribution in [2.24, 2.45) is 0 Å². The first-order valence-corrected chi connectivity index (χ1v) is 8.71. The van der Waals surface area contributed by atoms with E-state index in [9.17, 15) is 4.79 Å². The van der Waals surface area contributed by atoms with Crippen molar-refractivity contribution in [2.45, 2.75) is 38.0 Å². The van der Waals surface area contributed by atoms with Crippen LogP contribution in [0.4, 0.5) is 0 Å². The van der Waals surface area contributed by atoms with Crippen LogP contribution in [-0.2, 0) is 4.79 Å². The van der Waals surface area contributed by atoms with Gasteiger partial charge in [-0.25, -0.2) is 0 Å². The summed E-state index contributed by atoms with van der Waals surface area (Å²) in [6, 6.07) is 7.62. The molecule has 0 aliphatic heterocycles. The first-order chi connectivity index (χ1) is 10.4. The number of hydrogen-bond acceptors (Lipinski definition) is 5.